The number of nitrogens with zero attached hydrogens (tertiary/aromatic N) is 5. The number of nitrogens with one attached hydrogen (secondary N) is 2. The van der Waals surface area contributed by atoms with Gasteiger partial charge in [0.2, 0.25) is 5.95 Å². The van der Waals surface area contributed by atoms with E-state index in [1.54, 1.807) is 18.6 Å². The lowest BCUT2D eigenvalue weighted by Gasteiger charge is -2.34. The van der Waals surface area contributed by atoms with Gasteiger partial charge in [0.25, 0.3) is 0 Å². The number of pyridine rings is 1. The number of hydrogen-bond donors (Lipinski definition) is 2. The molecule has 5 aliphatic heterocycles. The number of rotatable bonds is 1. The summed E-state index contributed by atoms with van der Waals surface area (Å²) in [7, 11) is 1.36. The molecule has 1 atom stereocenters. The summed E-state index contributed by atoms with van der Waals surface area (Å²) in [6, 6.07) is 11.6. The molecule has 10 heteroatoms. The number of piperazine rings is 1. The molecule has 1 unspecified atom stereocenters. The smallest absolute Gasteiger partial charge is 0.328 e. The largest absolute Gasteiger partial charge is 0.467 e. The molecule has 1 saturated heterocycles. The van der Waals surface area contributed by atoms with Crippen molar-refractivity contribution in [2.24, 2.45) is 0 Å². The molecular weight excluding hydrogens is 482 g/mol. The van der Waals surface area contributed by atoms with Crippen LogP contribution in [-0.4, -0.2) is 82.4 Å². The summed E-state index contributed by atoms with van der Waals surface area (Å²) in [5, 5.41) is 6.48. The number of aromatic nitrogens is 3. The number of anilines is 3. The number of hydrogen-bond acceptors (Lipinski definition) is 10. The summed E-state index contributed by atoms with van der Waals surface area (Å²) in [6.07, 6.45) is 6.62. The van der Waals surface area contributed by atoms with Gasteiger partial charge in [-0.2, -0.15) is 0 Å². The third-order valence-corrected chi connectivity index (χ3v) is 6.95. The Morgan fingerprint density at radius 2 is 1.74 bits per heavy atom. The zero-order valence-corrected chi connectivity index (χ0v) is 21.6. The van der Waals surface area contributed by atoms with Crippen LogP contribution in [0.25, 0.3) is 11.1 Å². The van der Waals surface area contributed by atoms with Crippen molar-refractivity contribution in [1.29, 1.82) is 0 Å². The van der Waals surface area contributed by atoms with Gasteiger partial charge in [0, 0.05) is 69.0 Å². The van der Waals surface area contributed by atoms with E-state index in [1.165, 1.54) is 12.7 Å². The number of ether oxygens (including phenoxy) is 1. The third kappa shape index (κ3) is 6.70. The van der Waals surface area contributed by atoms with Gasteiger partial charge in [0.1, 0.15) is 17.6 Å². The predicted octanol–water partition coefficient (Wildman–Crippen LogP) is 3.11. The Labute approximate surface area is 222 Å². The molecule has 3 aromatic rings. The van der Waals surface area contributed by atoms with Crippen LogP contribution in [-0.2, 0) is 20.9 Å². The molecule has 38 heavy (non-hydrogen) atoms. The molecule has 198 valence electrons. The van der Waals surface area contributed by atoms with Crippen LogP contribution < -0.4 is 10.6 Å². The number of carbonyl (C=O) groups excluding carboxylic acids is 2. The molecule has 7 heterocycles. The standard InChI is InChI=1S/C28H33N7O3/c1-38-27(37)25-7-3-6-24(36)19-35-12-10-34(11-13-35)18-20-4-2-5-23(14-20)32-26-15-21(8-9-29-26)22-16-30-28(33-25)31-17-22/h2,4-5,8-9,14-17,25H,3,6-7,10-13,18-19H2,1H3,(H,29,32)(H,30,31,33). The summed E-state index contributed by atoms with van der Waals surface area (Å²) in [5.74, 6) is 0.843. The van der Waals surface area contributed by atoms with Gasteiger partial charge in [0.15, 0.2) is 0 Å². The van der Waals surface area contributed by atoms with E-state index in [0.717, 1.165) is 55.4 Å². The molecule has 2 N–H and O–H groups in total. The van der Waals surface area contributed by atoms with E-state index >= 15 is 0 Å². The first kappa shape index (κ1) is 25.7. The summed E-state index contributed by atoms with van der Waals surface area (Å²) >= 11 is 0. The molecule has 0 saturated carbocycles. The van der Waals surface area contributed by atoms with Crippen LogP contribution in [0.1, 0.15) is 24.8 Å². The van der Waals surface area contributed by atoms with Crippen molar-refractivity contribution in [2.75, 3.05) is 50.5 Å². The van der Waals surface area contributed by atoms with Crippen LogP contribution in [0.4, 0.5) is 17.5 Å². The van der Waals surface area contributed by atoms with E-state index in [4.69, 9.17) is 4.74 Å². The van der Waals surface area contributed by atoms with Gasteiger partial charge in [-0.3, -0.25) is 14.6 Å². The van der Waals surface area contributed by atoms with Crippen LogP contribution in [0.5, 0.6) is 0 Å². The molecule has 10 nitrogen and oxygen atoms in total. The van der Waals surface area contributed by atoms with Crippen molar-refractivity contribution in [3.8, 4) is 11.1 Å². The molecule has 0 aliphatic carbocycles. The molecule has 8 rings (SSSR count). The van der Waals surface area contributed by atoms with Gasteiger partial charge in [-0.25, -0.2) is 19.7 Å². The molecule has 1 fully saturated rings. The van der Waals surface area contributed by atoms with Gasteiger partial charge in [-0.1, -0.05) is 12.1 Å². The lowest BCUT2D eigenvalue weighted by Crippen LogP contribution is -2.47. The lowest BCUT2D eigenvalue weighted by atomic mass is 10.1. The van der Waals surface area contributed by atoms with E-state index in [2.05, 4.69) is 53.6 Å². The Hall–Kier alpha value is -3.89. The summed E-state index contributed by atoms with van der Waals surface area (Å²) in [4.78, 5) is 43.0. The van der Waals surface area contributed by atoms with E-state index in [0.29, 0.717) is 31.8 Å². The van der Waals surface area contributed by atoms with Crippen LogP contribution in [0.15, 0.2) is 55.0 Å². The maximum Gasteiger partial charge on any atom is 0.328 e. The molecule has 5 aliphatic rings. The minimum absolute atomic E-state index is 0.190. The van der Waals surface area contributed by atoms with Crippen molar-refractivity contribution in [3.63, 3.8) is 0 Å². The zero-order valence-electron chi connectivity index (χ0n) is 21.6. The van der Waals surface area contributed by atoms with Crippen LogP contribution >= 0.6 is 0 Å². The second kappa shape index (κ2) is 12.1. The SMILES string of the molecule is COC(=O)C1CCCC(=O)CN2CCN(CC2)Cc2cccc(c2)Nc2cc(ccn2)-c2cnc(nc2)N1. The first-order valence-electron chi connectivity index (χ1n) is 13.0. The molecule has 8 bridgehead atoms. The predicted molar refractivity (Wildman–Crippen MR) is 145 cm³/mol. The zero-order chi connectivity index (χ0) is 26.3. The van der Waals surface area contributed by atoms with Crippen molar-refractivity contribution in [1.82, 2.24) is 24.8 Å². The van der Waals surface area contributed by atoms with E-state index in [-0.39, 0.29) is 5.78 Å². The van der Waals surface area contributed by atoms with Crippen molar-refractivity contribution < 1.29 is 14.3 Å². The van der Waals surface area contributed by atoms with Gasteiger partial charge in [-0.05, 0) is 48.2 Å². The van der Waals surface area contributed by atoms with Gasteiger partial charge in [0.05, 0.1) is 13.7 Å². The molecule has 0 radical (unpaired) electrons. The number of ketones is 1. The third-order valence-electron chi connectivity index (χ3n) is 6.95. The Kier molecular flexibility index (Phi) is 8.20. The number of carbonyl (C=O) groups is 2. The van der Waals surface area contributed by atoms with Gasteiger partial charge in [-0.15, -0.1) is 0 Å². The minimum Gasteiger partial charge on any atom is -0.467 e. The Morgan fingerprint density at radius 1 is 0.974 bits per heavy atom. The Balaban J connectivity index is 1.39. The second-order valence-electron chi connectivity index (χ2n) is 9.75. The fourth-order valence-electron chi connectivity index (χ4n) is 4.87. The fraction of sp³-hybridized carbons (Fsp3) is 0.393. The average Bonchev–Trinajstić information content (AvgIpc) is 2.93. The van der Waals surface area contributed by atoms with Crippen LogP contribution in [0.3, 0.4) is 0 Å². The second-order valence-corrected chi connectivity index (χ2v) is 9.75. The number of Topliss-reactive ketones (excluding diaryl/α,β-unsaturated/α-hetero) is 1. The van der Waals surface area contributed by atoms with Crippen molar-refractivity contribution in [3.05, 3.63) is 60.6 Å². The lowest BCUT2D eigenvalue weighted by molar-refractivity contribution is -0.141. The molecule has 0 amide bonds. The van der Waals surface area contributed by atoms with Gasteiger partial charge >= 0.3 is 5.97 Å². The summed E-state index contributed by atoms with van der Waals surface area (Å²) in [6.45, 7) is 4.86. The summed E-state index contributed by atoms with van der Waals surface area (Å²) < 4.78 is 4.97. The highest BCUT2D eigenvalue weighted by Gasteiger charge is 2.22. The highest BCUT2D eigenvalue weighted by Crippen LogP contribution is 2.24. The topological polar surface area (TPSA) is 113 Å². The first-order chi connectivity index (χ1) is 18.6. The van der Waals surface area contributed by atoms with Gasteiger partial charge < -0.3 is 15.4 Å². The maximum atomic E-state index is 12.7. The highest BCUT2D eigenvalue weighted by molar-refractivity contribution is 5.81. The Bertz CT molecular complexity index is 1260. The average molecular weight is 516 g/mol. The van der Waals surface area contributed by atoms with E-state index in [1.807, 2.05) is 18.2 Å². The van der Waals surface area contributed by atoms with Crippen LogP contribution in [0.2, 0.25) is 0 Å². The Morgan fingerprint density at radius 3 is 2.50 bits per heavy atom. The molecule has 0 spiro atoms. The summed E-state index contributed by atoms with van der Waals surface area (Å²) in [5.41, 5.74) is 3.95. The van der Waals surface area contributed by atoms with Crippen molar-refractivity contribution in [2.45, 2.75) is 31.8 Å². The van der Waals surface area contributed by atoms with Crippen LogP contribution in [0, 0.1) is 0 Å². The highest BCUT2D eigenvalue weighted by atomic mass is 16.5. The number of esters is 1. The molecule has 1 aromatic carbocycles. The maximum absolute atomic E-state index is 12.7. The van der Waals surface area contributed by atoms with E-state index in [9.17, 15) is 9.59 Å². The fourth-order valence-corrected chi connectivity index (χ4v) is 4.87. The molecular formula is C28H33N7O3. The van der Waals surface area contributed by atoms with Crippen molar-refractivity contribution >= 4 is 29.2 Å². The number of benzene rings is 1. The number of methoxy groups -OCH3 is 1. The monoisotopic (exact) mass is 515 g/mol. The first-order valence-corrected chi connectivity index (χ1v) is 13.0. The molecule has 2 aromatic heterocycles. The minimum atomic E-state index is -0.629. The quantitative estimate of drug-likeness (QED) is 0.469. The van der Waals surface area contributed by atoms with E-state index < -0.39 is 12.0 Å². The normalized spacial score (nSPS) is 22.2.